The molecule has 0 aliphatic rings. The SMILES string of the molecule is CCCCc1c(Cl)nc(N=CN(C)C)nc1Cl. The number of halogens is 2. The molecule has 0 spiro atoms. The predicted octanol–water partition coefficient (Wildman–Crippen LogP) is 3.35. The van der Waals surface area contributed by atoms with E-state index in [2.05, 4.69) is 21.9 Å². The molecule has 1 aromatic rings. The monoisotopic (exact) mass is 274 g/mol. The molecule has 1 heterocycles. The van der Waals surface area contributed by atoms with E-state index in [-0.39, 0.29) is 5.95 Å². The minimum atomic E-state index is 0.286. The summed E-state index contributed by atoms with van der Waals surface area (Å²) in [6.45, 7) is 2.11. The summed E-state index contributed by atoms with van der Waals surface area (Å²) in [6, 6.07) is 0. The fourth-order valence-electron chi connectivity index (χ4n) is 1.21. The molecule has 6 heteroatoms. The number of aromatic nitrogens is 2. The van der Waals surface area contributed by atoms with Crippen molar-refractivity contribution in [3.05, 3.63) is 15.9 Å². The Morgan fingerprint density at radius 3 is 2.29 bits per heavy atom. The summed E-state index contributed by atoms with van der Waals surface area (Å²) >= 11 is 12.1. The lowest BCUT2D eigenvalue weighted by Gasteiger charge is -2.06. The van der Waals surface area contributed by atoms with E-state index in [1.165, 1.54) is 0 Å². The van der Waals surface area contributed by atoms with Crippen molar-refractivity contribution in [1.82, 2.24) is 14.9 Å². The molecule has 0 bridgehead atoms. The molecule has 1 aromatic heterocycles. The first-order valence-corrected chi connectivity index (χ1v) is 6.22. The van der Waals surface area contributed by atoms with Crippen LogP contribution in [0.4, 0.5) is 5.95 Å². The Labute approximate surface area is 112 Å². The van der Waals surface area contributed by atoms with E-state index in [0.717, 1.165) is 24.8 Å². The molecule has 0 N–H and O–H groups in total. The van der Waals surface area contributed by atoms with Gasteiger partial charge in [-0.15, -0.1) is 0 Å². The van der Waals surface area contributed by atoms with Gasteiger partial charge in [-0.25, -0.2) is 4.99 Å². The van der Waals surface area contributed by atoms with Crippen molar-refractivity contribution in [3.8, 4) is 0 Å². The predicted molar refractivity (Wildman–Crippen MR) is 72.5 cm³/mol. The highest BCUT2D eigenvalue weighted by Gasteiger charge is 2.10. The summed E-state index contributed by atoms with van der Waals surface area (Å²) in [4.78, 5) is 14.1. The van der Waals surface area contributed by atoms with Gasteiger partial charge in [-0.05, 0) is 12.8 Å². The molecule has 0 aromatic carbocycles. The molecular formula is C11H16Cl2N4. The van der Waals surface area contributed by atoms with Crippen LogP contribution in [0.2, 0.25) is 10.3 Å². The maximum absolute atomic E-state index is 6.06. The van der Waals surface area contributed by atoms with E-state index in [1.807, 2.05) is 14.1 Å². The Kier molecular flexibility index (Phi) is 5.65. The fraction of sp³-hybridized carbons (Fsp3) is 0.545. The Bertz CT molecular complexity index is 381. The molecular weight excluding hydrogens is 259 g/mol. The van der Waals surface area contributed by atoms with E-state index < -0.39 is 0 Å². The molecule has 0 radical (unpaired) electrons. The normalized spacial score (nSPS) is 11.1. The van der Waals surface area contributed by atoms with E-state index in [4.69, 9.17) is 23.2 Å². The van der Waals surface area contributed by atoms with Crippen LogP contribution >= 0.6 is 23.2 Å². The van der Waals surface area contributed by atoms with Crippen molar-refractivity contribution >= 4 is 35.5 Å². The lowest BCUT2D eigenvalue weighted by molar-refractivity contribution is 0.642. The highest BCUT2D eigenvalue weighted by atomic mass is 35.5. The first kappa shape index (κ1) is 14.2. The van der Waals surface area contributed by atoms with Gasteiger partial charge >= 0.3 is 0 Å². The van der Waals surface area contributed by atoms with Gasteiger partial charge in [0.1, 0.15) is 10.3 Å². The minimum Gasteiger partial charge on any atom is -0.369 e. The van der Waals surface area contributed by atoms with Crippen molar-refractivity contribution in [1.29, 1.82) is 0 Å². The van der Waals surface area contributed by atoms with Crippen LogP contribution in [-0.4, -0.2) is 35.3 Å². The smallest absolute Gasteiger partial charge is 0.253 e. The van der Waals surface area contributed by atoms with Crippen LogP contribution in [0.1, 0.15) is 25.3 Å². The van der Waals surface area contributed by atoms with Gasteiger partial charge in [0.05, 0.1) is 6.34 Å². The summed E-state index contributed by atoms with van der Waals surface area (Å²) in [5.74, 6) is 0.286. The standard InChI is InChI=1S/C11H16Cl2N4/c1-4-5-6-8-9(12)15-11(16-10(8)13)14-7-17(2)3/h7H,4-6H2,1-3H3. The largest absolute Gasteiger partial charge is 0.369 e. The van der Waals surface area contributed by atoms with Gasteiger partial charge in [-0.2, -0.15) is 9.97 Å². The molecule has 4 nitrogen and oxygen atoms in total. The molecule has 94 valence electrons. The maximum atomic E-state index is 6.06. The third kappa shape index (κ3) is 4.48. The van der Waals surface area contributed by atoms with Crippen molar-refractivity contribution in [2.45, 2.75) is 26.2 Å². The van der Waals surface area contributed by atoms with Gasteiger partial charge in [0, 0.05) is 19.7 Å². The second kappa shape index (κ2) is 6.77. The molecule has 0 amide bonds. The van der Waals surface area contributed by atoms with E-state index in [0.29, 0.717) is 10.3 Å². The average molecular weight is 275 g/mol. The highest BCUT2D eigenvalue weighted by Crippen LogP contribution is 2.25. The van der Waals surface area contributed by atoms with Crippen molar-refractivity contribution in [2.75, 3.05) is 14.1 Å². The van der Waals surface area contributed by atoms with Gasteiger partial charge < -0.3 is 4.90 Å². The summed E-state index contributed by atoms with van der Waals surface area (Å²) in [5, 5.41) is 0.786. The third-order valence-corrected chi connectivity index (χ3v) is 2.70. The second-order valence-corrected chi connectivity index (χ2v) is 4.61. The summed E-state index contributed by atoms with van der Waals surface area (Å²) in [5.41, 5.74) is 0.805. The minimum absolute atomic E-state index is 0.286. The van der Waals surface area contributed by atoms with E-state index >= 15 is 0 Å². The number of hydrogen-bond donors (Lipinski definition) is 0. The summed E-state index contributed by atoms with van der Waals surface area (Å²) in [6.07, 6.45) is 4.50. The fourth-order valence-corrected chi connectivity index (χ4v) is 1.77. The number of nitrogens with zero attached hydrogens (tertiary/aromatic N) is 4. The van der Waals surface area contributed by atoms with Crippen molar-refractivity contribution < 1.29 is 0 Å². The van der Waals surface area contributed by atoms with Gasteiger partial charge in [-0.1, -0.05) is 36.5 Å². The number of unbranched alkanes of at least 4 members (excludes halogenated alkanes) is 1. The van der Waals surface area contributed by atoms with Crippen LogP contribution < -0.4 is 0 Å². The van der Waals surface area contributed by atoms with Crippen LogP contribution in [0.5, 0.6) is 0 Å². The zero-order valence-electron chi connectivity index (χ0n) is 10.2. The molecule has 0 atom stereocenters. The van der Waals surface area contributed by atoms with Gasteiger partial charge in [0.15, 0.2) is 0 Å². The Morgan fingerprint density at radius 1 is 1.24 bits per heavy atom. The average Bonchev–Trinajstić information content (AvgIpc) is 2.25. The highest BCUT2D eigenvalue weighted by molar-refractivity contribution is 6.34. The lowest BCUT2D eigenvalue weighted by Crippen LogP contribution is -2.07. The van der Waals surface area contributed by atoms with Gasteiger partial charge in [0.25, 0.3) is 5.95 Å². The summed E-state index contributed by atoms with van der Waals surface area (Å²) in [7, 11) is 3.73. The van der Waals surface area contributed by atoms with Crippen LogP contribution in [0.25, 0.3) is 0 Å². The molecule has 0 unspecified atom stereocenters. The zero-order valence-corrected chi connectivity index (χ0v) is 11.8. The summed E-state index contributed by atoms with van der Waals surface area (Å²) < 4.78 is 0. The number of rotatable bonds is 5. The second-order valence-electron chi connectivity index (χ2n) is 3.90. The first-order valence-electron chi connectivity index (χ1n) is 5.47. The molecule has 0 saturated heterocycles. The van der Waals surface area contributed by atoms with Crippen LogP contribution in [0.3, 0.4) is 0 Å². The number of aliphatic imine (C=N–C) groups is 1. The molecule has 0 saturated carbocycles. The van der Waals surface area contributed by atoms with Crippen LogP contribution in [0.15, 0.2) is 4.99 Å². The lowest BCUT2D eigenvalue weighted by atomic mass is 10.1. The number of hydrogen-bond acceptors (Lipinski definition) is 3. The maximum Gasteiger partial charge on any atom is 0.253 e. The third-order valence-electron chi connectivity index (χ3n) is 2.08. The van der Waals surface area contributed by atoms with E-state index in [9.17, 15) is 0 Å². The van der Waals surface area contributed by atoms with Crippen LogP contribution in [0, 0.1) is 0 Å². The van der Waals surface area contributed by atoms with Crippen molar-refractivity contribution in [3.63, 3.8) is 0 Å². The van der Waals surface area contributed by atoms with Gasteiger partial charge in [0.2, 0.25) is 0 Å². The first-order chi connectivity index (χ1) is 8.04. The molecule has 17 heavy (non-hydrogen) atoms. The molecule has 0 aliphatic carbocycles. The quantitative estimate of drug-likeness (QED) is 0.470. The zero-order chi connectivity index (χ0) is 12.8. The van der Waals surface area contributed by atoms with E-state index in [1.54, 1.807) is 11.2 Å². The topological polar surface area (TPSA) is 41.4 Å². The van der Waals surface area contributed by atoms with Crippen molar-refractivity contribution in [2.24, 2.45) is 4.99 Å². The Morgan fingerprint density at radius 2 is 1.82 bits per heavy atom. The molecule has 1 rings (SSSR count). The molecule has 0 fully saturated rings. The van der Waals surface area contributed by atoms with Gasteiger partial charge in [-0.3, -0.25) is 0 Å². The Balaban J connectivity index is 2.92. The Hall–Kier alpha value is -0.870. The van der Waals surface area contributed by atoms with Crippen LogP contribution in [-0.2, 0) is 6.42 Å². The molecule has 0 aliphatic heterocycles.